The molecule has 2 aliphatic carbocycles. The second kappa shape index (κ2) is 5.22. The zero-order chi connectivity index (χ0) is 16.0. The fourth-order valence-corrected chi connectivity index (χ4v) is 3.78. The highest BCUT2D eigenvalue weighted by atomic mass is 16.8. The van der Waals surface area contributed by atoms with Gasteiger partial charge in [0.1, 0.15) is 6.61 Å². The van der Waals surface area contributed by atoms with Gasteiger partial charge in [0, 0.05) is 0 Å². The van der Waals surface area contributed by atoms with Crippen LogP contribution in [0.3, 0.4) is 0 Å². The van der Waals surface area contributed by atoms with Crippen molar-refractivity contribution in [3.8, 4) is 0 Å². The Balaban J connectivity index is 1.39. The number of hydrogen-bond acceptors (Lipinski definition) is 5. The van der Waals surface area contributed by atoms with Gasteiger partial charge in [-0.3, -0.25) is 14.4 Å². The first-order valence-electron chi connectivity index (χ1n) is 7.60. The first-order chi connectivity index (χ1) is 11.1. The van der Waals surface area contributed by atoms with E-state index in [9.17, 15) is 14.4 Å². The van der Waals surface area contributed by atoms with Crippen LogP contribution >= 0.6 is 0 Å². The number of fused-ring (bicyclic) bond motifs is 5. The molecule has 2 unspecified atom stereocenters. The van der Waals surface area contributed by atoms with Gasteiger partial charge < -0.3 is 4.74 Å². The lowest BCUT2D eigenvalue weighted by molar-refractivity contribution is -0.180. The third kappa shape index (κ3) is 2.21. The molecule has 0 radical (unpaired) electrons. The van der Waals surface area contributed by atoms with Crippen LogP contribution in [0.25, 0.3) is 0 Å². The molecule has 1 aromatic carbocycles. The van der Waals surface area contributed by atoms with Crippen LogP contribution < -0.4 is 0 Å². The highest BCUT2D eigenvalue weighted by molar-refractivity contribution is 6.05. The second-order valence-corrected chi connectivity index (χ2v) is 6.09. The molecule has 1 saturated heterocycles. The number of hydrogen-bond donors (Lipinski definition) is 0. The zero-order valence-corrected chi connectivity index (χ0v) is 12.3. The lowest BCUT2D eigenvalue weighted by Crippen LogP contribution is -2.35. The van der Waals surface area contributed by atoms with Gasteiger partial charge in [0.05, 0.1) is 11.8 Å². The van der Waals surface area contributed by atoms with Crippen LogP contribution in [0.4, 0.5) is 4.79 Å². The van der Waals surface area contributed by atoms with Crippen LogP contribution in [0.2, 0.25) is 0 Å². The van der Waals surface area contributed by atoms with Crippen LogP contribution in [-0.2, 0) is 25.8 Å². The maximum absolute atomic E-state index is 12.3. The molecule has 6 heteroatoms. The molecule has 118 valence electrons. The summed E-state index contributed by atoms with van der Waals surface area (Å²) in [4.78, 5) is 41.3. The number of imide groups is 1. The molecule has 2 amide bonds. The number of ether oxygens (including phenoxy) is 1. The quantitative estimate of drug-likeness (QED) is 0.485. The van der Waals surface area contributed by atoms with E-state index in [1.165, 1.54) is 0 Å². The normalized spacial score (nSPS) is 30.7. The third-order valence-electron chi connectivity index (χ3n) is 4.80. The number of amides is 2. The van der Waals surface area contributed by atoms with Crippen molar-refractivity contribution in [2.24, 2.45) is 23.7 Å². The van der Waals surface area contributed by atoms with Gasteiger partial charge >= 0.3 is 6.16 Å². The maximum atomic E-state index is 12.3. The van der Waals surface area contributed by atoms with Gasteiger partial charge in [-0.2, -0.15) is 0 Å². The Morgan fingerprint density at radius 1 is 1.04 bits per heavy atom. The molecule has 0 N–H and O–H groups in total. The summed E-state index contributed by atoms with van der Waals surface area (Å²) in [6, 6.07) is 9.09. The van der Waals surface area contributed by atoms with Crippen molar-refractivity contribution in [2.45, 2.75) is 13.0 Å². The Kier molecular flexibility index (Phi) is 3.18. The largest absolute Gasteiger partial charge is 0.534 e. The van der Waals surface area contributed by atoms with Crippen LogP contribution in [0, 0.1) is 23.7 Å². The Hall–Kier alpha value is -2.63. The van der Waals surface area contributed by atoms with Gasteiger partial charge in [-0.1, -0.05) is 47.5 Å². The van der Waals surface area contributed by atoms with E-state index in [2.05, 4.69) is 0 Å². The van der Waals surface area contributed by atoms with E-state index in [0.29, 0.717) is 5.06 Å². The average molecular weight is 313 g/mol. The number of hydroxylamine groups is 2. The van der Waals surface area contributed by atoms with E-state index >= 15 is 0 Å². The van der Waals surface area contributed by atoms with E-state index in [4.69, 9.17) is 9.57 Å². The standard InChI is InChI=1S/C17H15NO5/c19-15-13-11-6-7-12(8-11)14(13)16(20)18(15)23-17(21)22-9-10-4-2-1-3-5-10/h1-7,11-14H,8-9H2/t11-,12+,13?,14?. The number of carbonyl (C=O) groups excluding carboxylic acids is 3. The van der Waals surface area contributed by atoms with Gasteiger partial charge in [-0.25, -0.2) is 4.79 Å². The maximum Gasteiger partial charge on any atom is 0.534 e. The molecule has 2 fully saturated rings. The highest BCUT2D eigenvalue weighted by Crippen LogP contribution is 2.52. The minimum absolute atomic E-state index is 0.0234. The minimum Gasteiger partial charge on any atom is -0.428 e. The molecule has 6 nitrogen and oxygen atoms in total. The molecule has 1 aliphatic heterocycles. The van der Waals surface area contributed by atoms with Gasteiger partial charge in [0.25, 0.3) is 11.8 Å². The van der Waals surface area contributed by atoms with Crippen molar-refractivity contribution in [3.63, 3.8) is 0 Å². The molecule has 0 spiro atoms. The molecule has 23 heavy (non-hydrogen) atoms. The van der Waals surface area contributed by atoms with Crippen LogP contribution in [0.1, 0.15) is 12.0 Å². The first-order valence-corrected chi connectivity index (χ1v) is 7.60. The summed E-state index contributed by atoms with van der Waals surface area (Å²) >= 11 is 0. The van der Waals surface area contributed by atoms with E-state index < -0.39 is 18.0 Å². The fourth-order valence-electron chi connectivity index (χ4n) is 3.78. The van der Waals surface area contributed by atoms with Crippen molar-refractivity contribution in [3.05, 3.63) is 48.0 Å². The molecule has 2 bridgehead atoms. The SMILES string of the molecule is O=C(OCc1ccccc1)ON1C(=O)C2C(C1=O)[C@H]1C=C[C@@H]2C1. The summed E-state index contributed by atoms with van der Waals surface area (Å²) in [5.74, 6) is -1.49. The van der Waals surface area contributed by atoms with Gasteiger partial charge in [-0.05, 0) is 23.8 Å². The van der Waals surface area contributed by atoms with Crippen LogP contribution in [0.15, 0.2) is 42.5 Å². The zero-order valence-electron chi connectivity index (χ0n) is 12.3. The van der Waals surface area contributed by atoms with Crippen molar-refractivity contribution >= 4 is 18.0 Å². The Bertz CT molecular complexity index is 668. The smallest absolute Gasteiger partial charge is 0.428 e. The van der Waals surface area contributed by atoms with Crippen molar-refractivity contribution in [1.29, 1.82) is 0 Å². The summed E-state index contributed by atoms with van der Waals surface area (Å²) in [7, 11) is 0. The Morgan fingerprint density at radius 3 is 2.26 bits per heavy atom. The topological polar surface area (TPSA) is 72.9 Å². The van der Waals surface area contributed by atoms with Crippen LogP contribution in [0.5, 0.6) is 0 Å². The number of allylic oxidation sites excluding steroid dienone is 2. The minimum atomic E-state index is -1.05. The molecular formula is C17H15NO5. The molecule has 4 rings (SSSR count). The highest BCUT2D eigenvalue weighted by Gasteiger charge is 2.61. The molecule has 1 saturated carbocycles. The summed E-state index contributed by atoms with van der Waals surface area (Å²) in [6.45, 7) is 0.0234. The first kappa shape index (κ1) is 14.0. The number of rotatable bonds is 3. The average Bonchev–Trinajstić information content (AvgIpc) is 3.24. The second-order valence-electron chi connectivity index (χ2n) is 6.09. The van der Waals surface area contributed by atoms with Gasteiger partial charge in [-0.15, -0.1) is 0 Å². The summed E-state index contributed by atoms with van der Waals surface area (Å²) in [5, 5.41) is 0.592. The molecular weight excluding hydrogens is 298 g/mol. The summed E-state index contributed by atoms with van der Waals surface area (Å²) < 4.78 is 4.96. The Labute approximate surface area is 132 Å². The van der Waals surface area contributed by atoms with Gasteiger partial charge in [0.2, 0.25) is 0 Å². The number of nitrogens with zero attached hydrogens (tertiary/aromatic N) is 1. The van der Waals surface area contributed by atoms with Crippen molar-refractivity contribution in [2.75, 3.05) is 0 Å². The lowest BCUT2D eigenvalue weighted by atomic mass is 9.85. The molecule has 1 heterocycles. The predicted octanol–water partition coefficient (Wildman–Crippen LogP) is 2.06. The third-order valence-corrected chi connectivity index (χ3v) is 4.80. The van der Waals surface area contributed by atoms with E-state index in [1.807, 2.05) is 30.4 Å². The fraction of sp³-hybridized carbons (Fsp3) is 0.353. The number of benzene rings is 1. The van der Waals surface area contributed by atoms with Crippen LogP contribution in [-0.4, -0.2) is 23.0 Å². The molecule has 4 atom stereocenters. The molecule has 1 aromatic rings. The summed E-state index contributed by atoms with van der Waals surface area (Å²) in [5.41, 5.74) is 0.794. The monoisotopic (exact) mass is 313 g/mol. The van der Waals surface area contributed by atoms with Crippen molar-refractivity contribution in [1.82, 2.24) is 5.06 Å². The van der Waals surface area contributed by atoms with E-state index in [-0.39, 0.29) is 30.3 Å². The molecule has 0 aromatic heterocycles. The summed E-state index contributed by atoms with van der Waals surface area (Å²) in [6.07, 6.45) is 3.75. The van der Waals surface area contributed by atoms with Crippen molar-refractivity contribution < 1.29 is 24.0 Å². The molecule has 3 aliphatic rings. The predicted molar refractivity (Wildman–Crippen MR) is 77.3 cm³/mol. The van der Waals surface area contributed by atoms with Gasteiger partial charge in [0.15, 0.2) is 0 Å². The van der Waals surface area contributed by atoms with E-state index in [0.717, 1.165) is 12.0 Å². The van der Waals surface area contributed by atoms with E-state index in [1.54, 1.807) is 12.1 Å². The number of carbonyl (C=O) groups is 3. The Morgan fingerprint density at radius 2 is 1.65 bits per heavy atom. The lowest BCUT2D eigenvalue weighted by Gasteiger charge is -2.15.